The summed E-state index contributed by atoms with van der Waals surface area (Å²) >= 11 is 5.89. The summed E-state index contributed by atoms with van der Waals surface area (Å²) in [7, 11) is 0. The number of hydrogen-bond acceptors (Lipinski definition) is 2. The van der Waals surface area contributed by atoms with Gasteiger partial charge in [-0.2, -0.15) is 5.26 Å². The molecule has 0 aliphatic rings. The van der Waals surface area contributed by atoms with Crippen molar-refractivity contribution in [2.75, 3.05) is 5.32 Å². The molecular formula is C13H15ClN2O. The van der Waals surface area contributed by atoms with Crippen molar-refractivity contribution in [2.24, 2.45) is 5.41 Å². The first kappa shape index (κ1) is 13.5. The number of amides is 1. The first-order valence-corrected chi connectivity index (χ1v) is 5.79. The third-order valence-electron chi connectivity index (χ3n) is 2.85. The predicted octanol–water partition coefficient (Wildman–Crippen LogP) is 3.59. The Balaban J connectivity index is 2.88. The number of halogens is 1. The van der Waals surface area contributed by atoms with E-state index < -0.39 is 5.41 Å². The summed E-state index contributed by atoms with van der Waals surface area (Å²) in [5.74, 6) is -0.0548. The largest absolute Gasteiger partial charge is 0.326 e. The number of carbonyl (C=O) groups is 1. The fourth-order valence-corrected chi connectivity index (χ4v) is 1.37. The van der Waals surface area contributed by atoms with Gasteiger partial charge >= 0.3 is 0 Å². The lowest BCUT2D eigenvalue weighted by molar-refractivity contribution is -0.124. The molecule has 1 aromatic rings. The second kappa shape index (κ2) is 5.20. The molecule has 0 heterocycles. The Kier molecular flexibility index (Phi) is 4.14. The van der Waals surface area contributed by atoms with Crippen molar-refractivity contribution in [2.45, 2.75) is 27.2 Å². The number of anilines is 1. The Hall–Kier alpha value is -1.53. The number of carbonyl (C=O) groups excluding carboxylic acids is 1. The van der Waals surface area contributed by atoms with Gasteiger partial charge < -0.3 is 5.32 Å². The van der Waals surface area contributed by atoms with Crippen molar-refractivity contribution in [3.63, 3.8) is 0 Å². The van der Waals surface area contributed by atoms with Crippen molar-refractivity contribution >= 4 is 23.2 Å². The van der Waals surface area contributed by atoms with E-state index in [1.807, 2.05) is 26.8 Å². The number of hydrogen-bond donors (Lipinski definition) is 1. The zero-order valence-corrected chi connectivity index (χ0v) is 10.9. The van der Waals surface area contributed by atoms with Crippen molar-refractivity contribution in [1.29, 1.82) is 5.26 Å². The molecule has 1 amide bonds. The molecule has 0 aliphatic heterocycles. The maximum Gasteiger partial charge on any atom is 0.230 e. The second-order valence-electron chi connectivity index (χ2n) is 4.50. The van der Waals surface area contributed by atoms with Gasteiger partial charge in [0.15, 0.2) is 0 Å². The summed E-state index contributed by atoms with van der Waals surface area (Å²) in [5.41, 5.74) is 0.598. The highest BCUT2D eigenvalue weighted by atomic mass is 35.5. The van der Waals surface area contributed by atoms with Gasteiger partial charge in [0, 0.05) is 11.1 Å². The van der Waals surface area contributed by atoms with Crippen LogP contribution >= 0.6 is 11.6 Å². The van der Waals surface area contributed by atoms with E-state index in [4.69, 9.17) is 16.9 Å². The Morgan fingerprint density at radius 2 is 2.18 bits per heavy atom. The lowest BCUT2D eigenvalue weighted by Gasteiger charge is -2.21. The fourth-order valence-electron chi connectivity index (χ4n) is 1.14. The van der Waals surface area contributed by atoms with Gasteiger partial charge in [-0.1, -0.05) is 32.4 Å². The van der Waals surface area contributed by atoms with Crippen molar-refractivity contribution in [1.82, 2.24) is 0 Å². The molecule has 0 aliphatic carbocycles. The minimum absolute atomic E-state index is 0.0548. The number of rotatable bonds is 3. The highest BCUT2D eigenvalue weighted by Crippen LogP contribution is 2.24. The smallest absolute Gasteiger partial charge is 0.230 e. The Labute approximate surface area is 106 Å². The third-order valence-corrected chi connectivity index (χ3v) is 3.16. The van der Waals surface area contributed by atoms with Crippen molar-refractivity contribution < 1.29 is 4.79 Å². The molecule has 1 rings (SSSR count). The molecule has 0 atom stereocenters. The Bertz CT molecular complexity index is 475. The summed E-state index contributed by atoms with van der Waals surface area (Å²) in [4.78, 5) is 11.9. The van der Waals surface area contributed by atoms with Gasteiger partial charge in [-0.15, -0.1) is 0 Å². The van der Waals surface area contributed by atoms with Crippen LogP contribution in [0.5, 0.6) is 0 Å². The second-order valence-corrected chi connectivity index (χ2v) is 4.91. The van der Waals surface area contributed by atoms with E-state index in [1.54, 1.807) is 18.2 Å². The zero-order chi connectivity index (χ0) is 13.1. The summed E-state index contributed by atoms with van der Waals surface area (Å²) in [6, 6.07) is 6.83. The number of nitrogens with zero attached hydrogens (tertiary/aromatic N) is 1. The van der Waals surface area contributed by atoms with Crippen LogP contribution in [0.2, 0.25) is 5.02 Å². The average Bonchev–Trinajstić information content (AvgIpc) is 2.29. The highest BCUT2D eigenvalue weighted by Gasteiger charge is 2.25. The normalized spacial score (nSPS) is 10.8. The Morgan fingerprint density at radius 3 is 2.65 bits per heavy atom. The molecule has 0 saturated heterocycles. The maximum atomic E-state index is 11.9. The standard InChI is InChI=1S/C13H15ClN2O/c1-4-13(2,3)12(17)16-10-6-5-9(8-15)11(14)7-10/h5-7H,4H2,1-3H3,(H,16,17). The summed E-state index contributed by atoms with van der Waals surface area (Å²) in [6.07, 6.45) is 0.753. The SMILES string of the molecule is CCC(C)(C)C(=O)Nc1ccc(C#N)c(Cl)c1. The monoisotopic (exact) mass is 250 g/mol. The van der Waals surface area contributed by atoms with Gasteiger partial charge in [-0.25, -0.2) is 0 Å². The topological polar surface area (TPSA) is 52.9 Å². The zero-order valence-electron chi connectivity index (χ0n) is 10.2. The molecular weight excluding hydrogens is 236 g/mol. The van der Waals surface area contributed by atoms with E-state index in [0.717, 1.165) is 6.42 Å². The molecule has 0 unspecified atom stereocenters. The fraction of sp³-hybridized carbons (Fsp3) is 0.385. The van der Waals surface area contributed by atoms with E-state index in [2.05, 4.69) is 5.32 Å². The molecule has 3 nitrogen and oxygen atoms in total. The minimum Gasteiger partial charge on any atom is -0.326 e. The number of nitrogens with one attached hydrogen (secondary N) is 1. The molecule has 1 aromatic carbocycles. The van der Waals surface area contributed by atoms with E-state index in [0.29, 0.717) is 16.3 Å². The summed E-state index contributed by atoms with van der Waals surface area (Å²) in [6.45, 7) is 5.73. The van der Waals surface area contributed by atoms with E-state index in [1.165, 1.54) is 0 Å². The first-order chi connectivity index (χ1) is 7.90. The van der Waals surface area contributed by atoms with Gasteiger partial charge in [-0.05, 0) is 24.6 Å². The van der Waals surface area contributed by atoms with Crippen LogP contribution in [0.4, 0.5) is 5.69 Å². The van der Waals surface area contributed by atoms with Crippen LogP contribution in [-0.4, -0.2) is 5.91 Å². The molecule has 0 fully saturated rings. The van der Waals surface area contributed by atoms with Crippen LogP contribution in [0.1, 0.15) is 32.8 Å². The highest BCUT2D eigenvalue weighted by molar-refractivity contribution is 6.32. The minimum atomic E-state index is -0.416. The van der Waals surface area contributed by atoms with E-state index >= 15 is 0 Å². The maximum absolute atomic E-state index is 11.9. The number of nitriles is 1. The molecule has 90 valence electrons. The van der Waals surface area contributed by atoms with Crippen molar-refractivity contribution in [3.8, 4) is 6.07 Å². The van der Waals surface area contributed by atoms with Gasteiger partial charge in [-0.3, -0.25) is 4.79 Å². The first-order valence-electron chi connectivity index (χ1n) is 5.42. The Morgan fingerprint density at radius 1 is 1.53 bits per heavy atom. The molecule has 0 aromatic heterocycles. The van der Waals surface area contributed by atoms with Crippen LogP contribution in [0.25, 0.3) is 0 Å². The van der Waals surface area contributed by atoms with Crippen LogP contribution in [0.15, 0.2) is 18.2 Å². The lowest BCUT2D eigenvalue weighted by atomic mass is 9.89. The quantitative estimate of drug-likeness (QED) is 0.891. The number of benzene rings is 1. The molecule has 4 heteroatoms. The van der Waals surface area contributed by atoms with Crippen molar-refractivity contribution in [3.05, 3.63) is 28.8 Å². The predicted molar refractivity (Wildman–Crippen MR) is 68.9 cm³/mol. The van der Waals surface area contributed by atoms with Crippen LogP contribution in [-0.2, 0) is 4.79 Å². The lowest BCUT2D eigenvalue weighted by Crippen LogP contribution is -2.29. The molecule has 0 saturated carbocycles. The van der Waals surface area contributed by atoms with E-state index in [-0.39, 0.29) is 5.91 Å². The molecule has 0 spiro atoms. The summed E-state index contributed by atoms with van der Waals surface area (Å²) < 4.78 is 0. The van der Waals surface area contributed by atoms with Gasteiger partial charge in [0.25, 0.3) is 0 Å². The van der Waals surface area contributed by atoms with Gasteiger partial charge in [0.05, 0.1) is 10.6 Å². The molecule has 17 heavy (non-hydrogen) atoms. The molecule has 0 bridgehead atoms. The van der Waals surface area contributed by atoms with Crippen LogP contribution < -0.4 is 5.32 Å². The van der Waals surface area contributed by atoms with Gasteiger partial charge in [0.2, 0.25) is 5.91 Å². The molecule has 1 N–H and O–H groups in total. The third kappa shape index (κ3) is 3.21. The van der Waals surface area contributed by atoms with Crippen LogP contribution in [0.3, 0.4) is 0 Å². The average molecular weight is 251 g/mol. The molecule has 0 radical (unpaired) electrons. The van der Waals surface area contributed by atoms with Crippen LogP contribution in [0, 0.1) is 16.7 Å². The van der Waals surface area contributed by atoms with E-state index in [9.17, 15) is 4.79 Å². The van der Waals surface area contributed by atoms with Gasteiger partial charge in [0.1, 0.15) is 6.07 Å². The summed E-state index contributed by atoms with van der Waals surface area (Å²) in [5, 5.41) is 11.9.